The summed E-state index contributed by atoms with van der Waals surface area (Å²) in [7, 11) is -3.11. The van der Waals surface area contributed by atoms with Crippen LogP contribution in [-0.2, 0) is 25.5 Å². The van der Waals surface area contributed by atoms with Gasteiger partial charge < -0.3 is 19.8 Å². The molecule has 4 aromatic rings. The average Bonchev–Trinajstić information content (AvgIpc) is 3.39. The van der Waals surface area contributed by atoms with Gasteiger partial charge in [-0.15, -0.1) is 4.57 Å². The van der Waals surface area contributed by atoms with Gasteiger partial charge in [0, 0.05) is 4.90 Å². The van der Waals surface area contributed by atoms with Crippen molar-refractivity contribution in [1.29, 1.82) is 0 Å². The number of hydrogen-bond donors (Lipinski definition) is 2. The highest BCUT2D eigenvalue weighted by Gasteiger charge is 2.30. The van der Waals surface area contributed by atoms with Crippen molar-refractivity contribution in [2.24, 2.45) is 5.73 Å². The van der Waals surface area contributed by atoms with Gasteiger partial charge in [0.05, 0.1) is 34.9 Å². The van der Waals surface area contributed by atoms with Gasteiger partial charge in [0.2, 0.25) is 11.5 Å². The predicted molar refractivity (Wildman–Crippen MR) is 147 cm³/mol. The van der Waals surface area contributed by atoms with E-state index in [9.17, 15) is 22.6 Å². The lowest BCUT2D eigenvalue weighted by molar-refractivity contribution is -0.658. The van der Waals surface area contributed by atoms with Gasteiger partial charge >= 0.3 is 22.0 Å². The van der Waals surface area contributed by atoms with Gasteiger partial charge in [-0.2, -0.15) is 8.42 Å². The molecule has 0 spiro atoms. The Bertz CT molecular complexity index is 1820. The molecule has 0 radical (unpaired) electrons. The minimum atomic E-state index is -4.40. The van der Waals surface area contributed by atoms with E-state index >= 15 is 0 Å². The number of rotatable bonds is 7. The number of nitrogens with two attached hydrogens (primary N) is 1. The standard InChI is InChI=1S/C27H23N3O7S2/c1-16(12-25-29(14-23(28)31)20-13-18(27(32)36-2)8-10-22(20)38-25)11-24-30(15-39(33,34)35)26-19-6-4-3-5-17(19)7-9-21(26)37-24/h3-13H,14-15H2,1-2H3,(H2-,28,31,33,34,35)/p+1. The van der Waals surface area contributed by atoms with Crippen LogP contribution in [0.5, 0.6) is 0 Å². The normalized spacial score (nSPS) is 14.8. The number of oxazole rings is 1. The third-order valence-electron chi connectivity index (χ3n) is 6.07. The van der Waals surface area contributed by atoms with Crippen LogP contribution in [0.4, 0.5) is 5.69 Å². The Morgan fingerprint density at radius 3 is 2.67 bits per heavy atom. The Hall–Kier alpha value is -4.13. The lowest BCUT2D eigenvalue weighted by Crippen LogP contribution is -2.39. The van der Waals surface area contributed by atoms with Gasteiger partial charge in [-0.25, -0.2) is 4.79 Å². The van der Waals surface area contributed by atoms with Gasteiger partial charge in [0.25, 0.3) is 11.4 Å². The summed E-state index contributed by atoms with van der Waals surface area (Å²) >= 11 is 1.39. The highest BCUT2D eigenvalue weighted by molar-refractivity contribution is 8.03. The Kier molecular flexibility index (Phi) is 6.93. The zero-order chi connectivity index (χ0) is 27.9. The molecule has 1 aliphatic heterocycles. The number of methoxy groups -OCH3 is 1. The second-order valence-corrected chi connectivity index (χ2v) is 11.4. The Balaban J connectivity index is 1.60. The molecule has 0 atom stereocenters. The Labute approximate surface area is 228 Å². The molecule has 3 N–H and O–H groups in total. The first-order chi connectivity index (χ1) is 18.5. The maximum atomic E-state index is 12.1. The van der Waals surface area contributed by atoms with Crippen LogP contribution in [0.25, 0.3) is 27.9 Å². The summed E-state index contributed by atoms with van der Waals surface area (Å²) in [5.41, 5.74) is 8.14. The number of allylic oxidation sites excluding steroid dienone is 2. The van der Waals surface area contributed by atoms with E-state index in [4.69, 9.17) is 14.9 Å². The van der Waals surface area contributed by atoms with Crippen molar-refractivity contribution in [2.45, 2.75) is 17.7 Å². The quantitative estimate of drug-likeness (QED) is 0.194. The summed E-state index contributed by atoms with van der Waals surface area (Å²) < 4.78 is 45.8. The van der Waals surface area contributed by atoms with Crippen molar-refractivity contribution in [3.8, 4) is 0 Å². The molecular weight excluding hydrogens is 542 g/mol. The van der Waals surface area contributed by atoms with Crippen LogP contribution in [0.3, 0.4) is 0 Å². The summed E-state index contributed by atoms with van der Waals surface area (Å²) in [6.07, 6.45) is 3.45. The molecule has 0 saturated carbocycles. The SMILES string of the molecule is COC(=O)c1ccc2c(c1)N(CC(N)=O)/C(=C\C(C)=C/c1oc3ccc4ccccc4c3[n+]1CS(=O)(=O)O)S2. The van der Waals surface area contributed by atoms with Gasteiger partial charge in [0.1, 0.15) is 6.54 Å². The van der Waals surface area contributed by atoms with Crippen molar-refractivity contribution in [3.63, 3.8) is 0 Å². The van der Waals surface area contributed by atoms with Crippen molar-refractivity contribution >= 4 is 67.4 Å². The monoisotopic (exact) mass is 566 g/mol. The van der Waals surface area contributed by atoms with Gasteiger partial charge in [0.15, 0.2) is 0 Å². The van der Waals surface area contributed by atoms with E-state index in [-0.39, 0.29) is 12.4 Å². The fourth-order valence-corrected chi connectivity index (χ4v) is 6.21. The van der Waals surface area contributed by atoms with Crippen molar-refractivity contribution in [2.75, 3.05) is 18.6 Å². The lowest BCUT2D eigenvalue weighted by Gasteiger charge is -2.19. The Morgan fingerprint density at radius 2 is 1.95 bits per heavy atom. The van der Waals surface area contributed by atoms with E-state index in [1.165, 1.54) is 23.4 Å². The molecule has 10 nitrogen and oxygen atoms in total. The smallest absolute Gasteiger partial charge is 0.375 e. The predicted octanol–water partition coefficient (Wildman–Crippen LogP) is 3.85. The number of ether oxygens (including phenoxy) is 1. The van der Waals surface area contributed by atoms with Crippen LogP contribution >= 0.6 is 11.8 Å². The van der Waals surface area contributed by atoms with Crippen molar-refractivity contribution < 1.29 is 36.3 Å². The van der Waals surface area contributed by atoms with Crippen molar-refractivity contribution in [1.82, 2.24) is 0 Å². The highest BCUT2D eigenvalue weighted by atomic mass is 32.2. The number of hydrogen-bond acceptors (Lipinski definition) is 8. The minimum Gasteiger partial charge on any atom is -0.465 e. The molecule has 0 aliphatic carbocycles. The summed E-state index contributed by atoms with van der Waals surface area (Å²) in [4.78, 5) is 26.5. The molecule has 1 amide bonds. The molecule has 3 aromatic carbocycles. The highest BCUT2D eigenvalue weighted by Crippen LogP contribution is 2.46. The van der Waals surface area contributed by atoms with E-state index < -0.39 is 27.9 Å². The summed E-state index contributed by atoms with van der Waals surface area (Å²) in [6.45, 7) is 1.67. The molecule has 39 heavy (non-hydrogen) atoms. The molecule has 2 heterocycles. The first-order valence-corrected chi connectivity index (χ1v) is 14.1. The van der Waals surface area contributed by atoms with Gasteiger partial charge in [-0.1, -0.05) is 36.0 Å². The molecule has 12 heteroatoms. The molecule has 200 valence electrons. The average molecular weight is 567 g/mol. The number of aromatic nitrogens is 1. The molecular formula is C27H24N3O7S2+. The lowest BCUT2D eigenvalue weighted by atomic mass is 10.1. The van der Waals surface area contributed by atoms with Crippen LogP contribution in [0, 0.1) is 0 Å². The molecule has 0 bridgehead atoms. The zero-order valence-corrected chi connectivity index (χ0v) is 22.6. The van der Waals surface area contributed by atoms with E-state index in [2.05, 4.69) is 0 Å². The minimum absolute atomic E-state index is 0.122. The second kappa shape index (κ2) is 10.2. The molecule has 0 unspecified atom stereocenters. The molecule has 0 fully saturated rings. The van der Waals surface area contributed by atoms with E-state index in [0.29, 0.717) is 33.0 Å². The van der Waals surface area contributed by atoms with Crippen LogP contribution < -0.4 is 15.2 Å². The topological polar surface area (TPSA) is 144 Å². The number of carbonyl (C=O) groups excluding carboxylic acids is 2. The summed E-state index contributed by atoms with van der Waals surface area (Å²) in [6, 6.07) is 16.1. The van der Waals surface area contributed by atoms with E-state index in [0.717, 1.165) is 15.7 Å². The van der Waals surface area contributed by atoms with Gasteiger partial charge in [-0.3, -0.25) is 9.35 Å². The van der Waals surface area contributed by atoms with E-state index in [1.807, 2.05) is 30.3 Å². The Morgan fingerprint density at radius 1 is 1.18 bits per heavy atom. The third kappa shape index (κ3) is 5.39. The number of nitrogens with zero attached hydrogens (tertiary/aromatic N) is 2. The second-order valence-electron chi connectivity index (χ2n) is 8.91. The number of fused-ring (bicyclic) bond motifs is 4. The number of amides is 1. The van der Waals surface area contributed by atoms with Crippen LogP contribution in [0.1, 0.15) is 23.2 Å². The van der Waals surface area contributed by atoms with Crippen molar-refractivity contribution in [3.05, 3.63) is 82.7 Å². The molecule has 1 aromatic heterocycles. The first-order valence-electron chi connectivity index (χ1n) is 11.7. The molecule has 0 saturated heterocycles. The molecule has 1 aliphatic rings. The summed E-state index contributed by atoms with van der Waals surface area (Å²) in [5.74, 6) is -1.55. The van der Waals surface area contributed by atoms with E-state index in [1.54, 1.807) is 48.2 Å². The maximum Gasteiger partial charge on any atom is 0.375 e. The number of esters is 1. The zero-order valence-electron chi connectivity index (χ0n) is 21.0. The fraction of sp³-hybridized carbons (Fsp3) is 0.148. The number of thioether (sulfide) groups is 1. The third-order valence-corrected chi connectivity index (χ3v) is 7.77. The fourth-order valence-electron chi connectivity index (χ4n) is 4.48. The number of anilines is 1. The summed E-state index contributed by atoms with van der Waals surface area (Å²) in [5, 5.41) is 2.33. The van der Waals surface area contributed by atoms with Crippen LogP contribution in [-0.4, -0.2) is 38.5 Å². The molecule has 5 rings (SSSR count). The van der Waals surface area contributed by atoms with Crippen LogP contribution in [0.15, 0.2) is 80.6 Å². The number of carbonyl (C=O) groups is 2. The largest absolute Gasteiger partial charge is 0.465 e. The van der Waals surface area contributed by atoms with Crippen LogP contribution in [0.2, 0.25) is 0 Å². The van der Waals surface area contributed by atoms with Gasteiger partial charge in [-0.05, 0) is 54.3 Å². The first kappa shape index (κ1) is 26.5. The number of primary amides is 1. The number of benzene rings is 3. The maximum absolute atomic E-state index is 12.1.